The van der Waals surface area contributed by atoms with Crippen LogP contribution in [0.2, 0.25) is 0 Å². The molecule has 1 aliphatic heterocycles. The third-order valence-corrected chi connectivity index (χ3v) is 6.79. The van der Waals surface area contributed by atoms with Gasteiger partial charge in [0.25, 0.3) is 5.91 Å². The second kappa shape index (κ2) is 6.04. The Morgan fingerprint density at radius 2 is 2.07 bits per heavy atom. The molecular weight excluding hydrogens is 374 g/mol. The standard InChI is InChI=1S/C21H19N3O3S/c1-12-18(13-5-2-3-6-15(13)22-12)16(25)11-24-19(26)21(23-20(24)27)9-4-7-17-14(21)8-10-28-17/h2-3,5-6,8,10,22H,4,7,9,11H2,1H3,(H,23,27). The summed E-state index contributed by atoms with van der Waals surface area (Å²) >= 11 is 1.61. The first-order chi connectivity index (χ1) is 13.5. The van der Waals surface area contributed by atoms with Gasteiger partial charge in [0, 0.05) is 32.6 Å². The maximum Gasteiger partial charge on any atom is 0.325 e. The molecule has 3 amide bonds. The Bertz CT molecular complexity index is 1140. The van der Waals surface area contributed by atoms with Gasteiger partial charge in [0.05, 0.1) is 6.54 Å². The zero-order valence-corrected chi connectivity index (χ0v) is 16.2. The van der Waals surface area contributed by atoms with Crippen LogP contribution < -0.4 is 5.32 Å². The number of para-hydroxylation sites is 1. The predicted molar refractivity (Wildman–Crippen MR) is 107 cm³/mol. The van der Waals surface area contributed by atoms with Gasteiger partial charge < -0.3 is 10.3 Å². The molecule has 7 heteroatoms. The highest BCUT2D eigenvalue weighted by Crippen LogP contribution is 2.42. The lowest BCUT2D eigenvalue weighted by Gasteiger charge is -2.31. The number of urea groups is 1. The first-order valence-electron chi connectivity index (χ1n) is 9.33. The number of rotatable bonds is 3. The van der Waals surface area contributed by atoms with E-state index in [1.54, 1.807) is 11.3 Å². The molecule has 1 saturated heterocycles. The van der Waals surface area contributed by atoms with Gasteiger partial charge in [-0.2, -0.15) is 0 Å². The summed E-state index contributed by atoms with van der Waals surface area (Å²) in [4.78, 5) is 44.5. The van der Waals surface area contributed by atoms with E-state index in [-0.39, 0.29) is 18.2 Å². The number of fused-ring (bicyclic) bond motifs is 3. The molecule has 6 nitrogen and oxygen atoms in total. The van der Waals surface area contributed by atoms with Crippen LogP contribution in [0.3, 0.4) is 0 Å². The van der Waals surface area contributed by atoms with Crippen LogP contribution >= 0.6 is 11.3 Å². The molecule has 0 bridgehead atoms. The summed E-state index contributed by atoms with van der Waals surface area (Å²) in [5.74, 6) is -0.556. The number of nitrogens with one attached hydrogen (secondary N) is 2. The van der Waals surface area contributed by atoms with Crippen LogP contribution in [-0.2, 0) is 16.8 Å². The number of H-pyrrole nitrogens is 1. The molecule has 2 aliphatic rings. The molecule has 28 heavy (non-hydrogen) atoms. The molecule has 0 radical (unpaired) electrons. The van der Waals surface area contributed by atoms with E-state index < -0.39 is 11.6 Å². The molecule has 1 unspecified atom stereocenters. The Morgan fingerprint density at radius 3 is 2.93 bits per heavy atom. The molecular formula is C21H19N3O3S. The SMILES string of the molecule is Cc1[nH]c2ccccc2c1C(=O)CN1C(=O)NC2(CCCc3sccc32)C1=O. The first kappa shape index (κ1) is 17.2. The normalized spacial score (nSPS) is 21.4. The van der Waals surface area contributed by atoms with E-state index in [0.717, 1.165) is 44.8 Å². The fourth-order valence-electron chi connectivity index (χ4n) is 4.54. The van der Waals surface area contributed by atoms with E-state index in [0.29, 0.717) is 12.0 Å². The van der Waals surface area contributed by atoms with E-state index in [2.05, 4.69) is 10.3 Å². The van der Waals surface area contributed by atoms with E-state index in [1.165, 1.54) is 0 Å². The smallest absolute Gasteiger partial charge is 0.325 e. The van der Waals surface area contributed by atoms with Gasteiger partial charge in [-0.3, -0.25) is 14.5 Å². The summed E-state index contributed by atoms with van der Waals surface area (Å²) in [6.45, 7) is 1.58. The molecule has 0 saturated carbocycles. The van der Waals surface area contributed by atoms with Crippen molar-refractivity contribution < 1.29 is 14.4 Å². The third kappa shape index (κ3) is 2.29. The number of hydrogen-bond donors (Lipinski definition) is 2. The number of Topliss-reactive ketones (excluding diaryl/α,β-unsaturated/α-hetero) is 1. The Kier molecular flexibility index (Phi) is 3.71. The van der Waals surface area contributed by atoms with Crippen molar-refractivity contribution in [1.29, 1.82) is 0 Å². The Hall–Kier alpha value is -2.93. The summed E-state index contributed by atoms with van der Waals surface area (Å²) in [7, 11) is 0. The fourth-order valence-corrected chi connectivity index (χ4v) is 5.54. The fraction of sp³-hybridized carbons (Fsp3) is 0.286. The number of aryl methyl sites for hydroxylation is 2. The number of amides is 3. The average Bonchev–Trinajstić information content (AvgIpc) is 3.34. The van der Waals surface area contributed by atoms with Gasteiger partial charge in [0.15, 0.2) is 5.78 Å². The topological polar surface area (TPSA) is 82.3 Å². The maximum atomic E-state index is 13.3. The predicted octanol–water partition coefficient (Wildman–Crippen LogP) is 3.50. The first-order valence-corrected chi connectivity index (χ1v) is 10.2. The minimum Gasteiger partial charge on any atom is -0.358 e. The molecule has 1 aromatic carbocycles. The number of hydrogen-bond acceptors (Lipinski definition) is 4. The largest absolute Gasteiger partial charge is 0.358 e. The summed E-state index contributed by atoms with van der Waals surface area (Å²) < 4.78 is 0. The van der Waals surface area contributed by atoms with Gasteiger partial charge in [-0.1, -0.05) is 18.2 Å². The van der Waals surface area contributed by atoms with Crippen molar-refractivity contribution in [3.8, 4) is 0 Å². The number of carbonyl (C=O) groups is 3. The van der Waals surface area contributed by atoms with Crippen molar-refractivity contribution in [2.24, 2.45) is 0 Å². The third-order valence-electron chi connectivity index (χ3n) is 5.81. The van der Waals surface area contributed by atoms with Crippen molar-refractivity contribution in [2.45, 2.75) is 31.7 Å². The van der Waals surface area contributed by atoms with Crippen LogP contribution in [0.5, 0.6) is 0 Å². The lowest BCUT2D eigenvalue weighted by molar-refractivity contribution is -0.131. The number of carbonyl (C=O) groups excluding carboxylic acids is 3. The summed E-state index contributed by atoms with van der Waals surface area (Å²) in [6.07, 6.45) is 2.33. The second-order valence-electron chi connectivity index (χ2n) is 7.43. The van der Waals surface area contributed by atoms with Gasteiger partial charge >= 0.3 is 6.03 Å². The number of aromatic nitrogens is 1. The highest BCUT2D eigenvalue weighted by molar-refractivity contribution is 7.10. The lowest BCUT2D eigenvalue weighted by atomic mass is 9.80. The van der Waals surface area contributed by atoms with E-state index in [4.69, 9.17) is 0 Å². The molecule has 142 valence electrons. The highest BCUT2D eigenvalue weighted by atomic mass is 32.1. The maximum absolute atomic E-state index is 13.3. The van der Waals surface area contributed by atoms with Gasteiger partial charge in [-0.25, -0.2) is 4.79 Å². The van der Waals surface area contributed by atoms with Gasteiger partial charge in [-0.05, 0) is 43.7 Å². The minimum atomic E-state index is -1.01. The summed E-state index contributed by atoms with van der Waals surface area (Å²) in [6, 6.07) is 8.98. The van der Waals surface area contributed by atoms with E-state index >= 15 is 0 Å². The molecule has 1 fully saturated rings. The van der Waals surface area contributed by atoms with Crippen LogP contribution in [0, 0.1) is 6.92 Å². The molecule has 1 aliphatic carbocycles. The van der Waals surface area contributed by atoms with Crippen LogP contribution in [0.15, 0.2) is 35.7 Å². The minimum absolute atomic E-state index is 0.239. The van der Waals surface area contributed by atoms with Gasteiger partial charge in [0.1, 0.15) is 5.54 Å². The molecule has 5 rings (SSSR count). The molecule has 1 atom stereocenters. The molecule has 1 spiro atoms. The molecule has 2 N–H and O–H groups in total. The Morgan fingerprint density at radius 1 is 1.25 bits per heavy atom. The molecule has 2 aromatic heterocycles. The van der Waals surface area contributed by atoms with Crippen LogP contribution in [0.25, 0.3) is 10.9 Å². The summed E-state index contributed by atoms with van der Waals surface area (Å²) in [5, 5.41) is 5.67. The van der Waals surface area contributed by atoms with Crippen molar-refractivity contribution in [3.05, 3.63) is 57.4 Å². The molecule has 3 heterocycles. The van der Waals surface area contributed by atoms with Crippen LogP contribution in [0.1, 0.15) is 39.3 Å². The Labute approximate surface area is 165 Å². The quantitative estimate of drug-likeness (QED) is 0.528. The van der Waals surface area contributed by atoms with Crippen molar-refractivity contribution in [2.75, 3.05) is 6.54 Å². The monoisotopic (exact) mass is 393 g/mol. The van der Waals surface area contributed by atoms with Crippen molar-refractivity contribution >= 4 is 40.0 Å². The van der Waals surface area contributed by atoms with Crippen LogP contribution in [0.4, 0.5) is 4.79 Å². The molecule has 3 aromatic rings. The Balaban J connectivity index is 1.48. The van der Waals surface area contributed by atoms with E-state index in [1.807, 2.05) is 42.6 Å². The average molecular weight is 393 g/mol. The second-order valence-corrected chi connectivity index (χ2v) is 8.43. The number of thiophene rings is 1. The summed E-state index contributed by atoms with van der Waals surface area (Å²) in [5.41, 5.74) is 2.02. The van der Waals surface area contributed by atoms with Crippen molar-refractivity contribution in [3.63, 3.8) is 0 Å². The number of benzene rings is 1. The highest BCUT2D eigenvalue weighted by Gasteiger charge is 2.54. The van der Waals surface area contributed by atoms with Gasteiger partial charge in [0.2, 0.25) is 0 Å². The zero-order chi connectivity index (χ0) is 19.5. The van der Waals surface area contributed by atoms with Crippen LogP contribution in [-0.4, -0.2) is 34.2 Å². The van der Waals surface area contributed by atoms with E-state index in [9.17, 15) is 14.4 Å². The lowest BCUT2D eigenvalue weighted by Crippen LogP contribution is -2.46. The van der Waals surface area contributed by atoms with Crippen molar-refractivity contribution in [1.82, 2.24) is 15.2 Å². The number of nitrogens with zero attached hydrogens (tertiary/aromatic N) is 1. The zero-order valence-electron chi connectivity index (χ0n) is 15.4. The number of ketones is 1. The van der Waals surface area contributed by atoms with Gasteiger partial charge in [-0.15, -0.1) is 11.3 Å². The number of imide groups is 1. The number of aromatic amines is 1.